The molecule has 5 nitrogen and oxygen atoms in total. The standard InChI is InChI=1S/C37H25F5N4O.Pt/c1-4-26-31(32-33(38)35(40)37(42)36(41)34(32)39)27(5-2)46(44-26)21-9-8-10-22(18-21)47-23-13-14-25-24-11-6-7-12-28(24)45(29(25)19-23)30-17-20(3)15-16-43-30;/h6-17H,4-5H2,1-3H3;/q-2;+2. The number of fused-ring (bicyclic) bond motifs is 3. The van der Waals surface area contributed by atoms with E-state index in [9.17, 15) is 22.0 Å². The second-order valence-corrected chi connectivity index (χ2v) is 11.0. The second-order valence-electron chi connectivity index (χ2n) is 11.0. The number of nitrogens with zero attached hydrogens (tertiary/aromatic N) is 4. The molecule has 0 saturated heterocycles. The SMILES string of the molecule is CCc1nn(-c2[c-]c(Oc3[c-]c4c(cc3)c3ccccc3n4-c3cc(C)ccn3)ccc2)c(CC)c1-c1c(F)c(F)c(F)c(F)c1F.[Pt+2]. The predicted molar refractivity (Wildman–Crippen MR) is 169 cm³/mol. The van der Waals surface area contributed by atoms with Crippen molar-refractivity contribution in [3.8, 4) is 34.1 Å². The quantitative estimate of drug-likeness (QED) is 0.0697. The van der Waals surface area contributed by atoms with Gasteiger partial charge < -0.3 is 9.30 Å². The molecule has 0 spiro atoms. The van der Waals surface area contributed by atoms with Crippen molar-refractivity contribution in [1.29, 1.82) is 0 Å². The van der Waals surface area contributed by atoms with Crippen molar-refractivity contribution >= 4 is 21.8 Å². The monoisotopic (exact) mass is 831 g/mol. The van der Waals surface area contributed by atoms with Crippen LogP contribution in [0.25, 0.3) is 44.4 Å². The molecule has 0 saturated carbocycles. The van der Waals surface area contributed by atoms with Crippen molar-refractivity contribution in [2.75, 3.05) is 0 Å². The number of aryl methyl sites for hydroxylation is 2. The Bertz CT molecular complexity index is 2320. The minimum atomic E-state index is -2.21. The second kappa shape index (κ2) is 13.0. The van der Waals surface area contributed by atoms with Crippen molar-refractivity contribution < 1.29 is 47.8 Å². The Hall–Kier alpha value is -4.82. The van der Waals surface area contributed by atoms with Crippen LogP contribution in [-0.4, -0.2) is 19.3 Å². The third-order valence-electron chi connectivity index (χ3n) is 8.07. The fraction of sp³-hybridized carbons (Fsp3) is 0.135. The van der Waals surface area contributed by atoms with Gasteiger partial charge in [-0.05, 0) is 54.6 Å². The van der Waals surface area contributed by atoms with Gasteiger partial charge in [0, 0.05) is 34.5 Å². The summed E-state index contributed by atoms with van der Waals surface area (Å²) >= 11 is 0. The van der Waals surface area contributed by atoms with Gasteiger partial charge in [0.05, 0.1) is 11.3 Å². The van der Waals surface area contributed by atoms with Gasteiger partial charge in [-0.1, -0.05) is 37.6 Å². The van der Waals surface area contributed by atoms with E-state index in [-0.39, 0.29) is 50.9 Å². The molecule has 7 rings (SSSR count). The number of pyridine rings is 1. The van der Waals surface area contributed by atoms with Crippen molar-refractivity contribution in [2.45, 2.75) is 33.6 Å². The maximum absolute atomic E-state index is 15.0. The maximum Gasteiger partial charge on any atom is 2.00 e. The van der Waals surface area contributed by atoms with Gasteiger partial charge in [-0.25, -0.2) is 26.9 Å². The van der Waals surface area contributed by atoms with Crippen LogP contribution in [-0.2, 0) is 33.9 Å². The van der Waals surface area contributed by atoms with Crippen LogP contribution in [0.1, 0.15) is 30.8 Å². The van der Waals surface area contributed by atoms with Gasteiger partial charge in [0.15, 0.2) is 23.3 Å². The number of para-hydroxylation sites is 1. The summed E-state index contributed by atoms with van der Waals surface area (Å²) in [4.78, 5) is 4.60. The summed E-state index contributed by atoms with van der Waals surface area (Å²) in [6.07, 6.45) is 2.10. The average molecular weight is 832 g/mol. The Kier molecular flexibility index (Phi) is 8.96. The number of aromatic nitrogens is 4. The molecule has 0 aliphatic carbocycles. The van der Waals surface area contributed by atoms with Crippen molar-refractivity contribution in [2.24, 2.45) is 0 Å². The fourth-order valence-corrected chi connectivity index (χ4v) is 5.94. The van der Waals surface area contributed by atoms with Crippen molar-refractivity contribution in [3.63, 3.8) is 0 Å². The number of halogens is 5. The number of rotatable bonds is 7. The Labute approximate surface area is 286 Å². The molecule has 0 N–H and O–H groups in total. The molecule has 7 aromatic rings. The van der Waals surface area contributed by atoms with Gasteiger partial charge in [-0.3, -0.25) is 4.68 Å². The van der Waals surface area contributed by atoms with Crippen molar-refractivity contribution in [1.82, 2.24) is 19.3 Å². The molecular weight excluding hydrogens is 807 g/mol. The van der Waals surface area contributed by atoms with E-state index in [0.29, 0.717) is 17.2 Å². The van der Waals surface area contributed by atoms with Crippen LogP contribution in [0.2, 0.25) is 0 Å². The summed E-state index contributed by atoms with van der Waals surface area (Å²) in [6, 6.07) is 27.2. The molecule has 4 aromatic carbocycles. The zero-order valence-corrected chi connectivity index (χ0v) is 28.0. The zero-order valence-electron chi connectivity index (χ0n) is 25.7. The molecule has 0 bridgehead atoms. The van der Waals surface area contributed by atoms with Crippen LogP contribution in [0.3, 0.4) is 0 Å². The van der Waals surface area contributed by atoms with Gasteiger partial charge in [-0.2, -0.15) is 17.2 Å². The van der Waals surface area contributed by atoms with E-state index >= 15 is 0 Å². The number of hydrogen-bond donors (Lipinski definition) is 0. The van der Waals surface area contributed by atoms with E-state index in [4.69, 9.17) is 4.74 Å². The van der Waals surface area contributed by atoms with E-state index in [2.05, 4.69) is 22.2 Å². The first-order valence-corrected chi connectivity index (χ1v) is 14.9. The summed E-state index contributed by atoms with van der Waals surface area (Å²) in [6.45, 7) is 5.39. The van der Waals surface area contributed by atoms with Crippen LogP contribution in [0.15, 0.2) is 72.9 Å². The van der Waals surface area contributed by atoms with Gasteiger partial charge in [-0.15, -0.1) is 35.7 Å². The number of benzene rings is 4. The molecular formula is C37H25F5N4OPt. The van der Waals surface area contributed by atoms with Crippen molar-refractivity contribution in [3.05, 3.63) is 131 Å². The minimum Gasteiger partial charge on any atom is -0.509 e. The smallest absolute Gasteiger partial charge is 0.509 e. The summed E-state index contributed by atoms with van der Waals surface area (Å²) in [5.41, 5.74) is 2.41. The van der Waals surface area contributed by atoms with E-state index in [1.54, 1.807) is 44.3 Å². The topological polar surface area (TPSA) is 44.9 Å². The van der Waals surface area contributed by atoms with Crippen LogP contribution >= 0.6 is 0 Å². The third-order valence-corrected chi connectivity index (χ3v) is 8.07. The van der Waals surface area contributed by atoms with Gasteiger partial charge in [0.1, 0.15) is 5.82 Å². The fourth-order valence-electron chi connectivity index (χ4n) is 5.94. The van der Waals surface area contributed by atoms with E-state index in [1.807, 2.05) is 54.0 Å². The first-order valence-electron chi connectivity index (χ1n) is 14.9. The Morgan fingerprint density at radius 1 is 0.729 bits per heavy atom. The molecule has 0 aliphatic heterocycles. The molecule has 0 unspecified atom stereocenters. The van der Waals surface area contributed by atoms with Crippen LogP contribution in [0.4, 0.5) is 22.0 Å². The summed E-state index contributed by atoms with van der Waals surface area (Å²) in [5.74, 6) is -8.62. The molecule has 0 fully saturated rings. The maximum atomic E-state index is 15.0. The molecule has 0 amide bonds. The molecule has 3 heterocycles. The largest absolute Gasteiger partial charge is 2.00 e. The molecule has 244 valence electrons. The predicted octanol–water partition coefficient (Wildman–Crippen LogP) is 9.55. The number of ether oxygens (including phenoxy) is 1. The Morgan fingerprint density at radius 2 is 1.44 bits per heavy atom. The van der Waals surface area contributed by atoms with E-state index in [1.165, 1.54) is 4.68 Å². The van der Waals surface area contributed by atoms with Crippen LogP contribution in [0, 0.1) is 48.1 Å². The summed E-state index contributed by atoms with van der Waals surface area (Å²) in [7, 11) is 0. The third kappa shape index (κ3) is 5.38. The Balaban J connectivity index is 0.00000401. The molecule has 0 radical (unpaired) electrons. The molecule has 3 aromatic heterocycles. The van der Waals surface area contributed by atoms with Crippen LogP contribution in [0.5, 0.6) is 11.5 Å². The van der Waals surface area contributed by atoms with Crippen LogP contribution < -0.4 is 4.74 Å². The van der Waals surface area contributed by atoms with E-state index in [0.717, 1.165) is 33.2 Å². The number of hydrogen-bond acceptors (Lipinski definition) is 3. The average Bonchev–Trinajstić information content (AvgIpc) is 3.62. The molecule has 0 atom stereocenters. The van der Waals surface area contributed by atoms with Gasteiger partial charge >= 0.3 is 21.1 Å². The Morgan fingerprint density at radius 3 is 2.15 bits per heavy atom. The van der Waals surface area contributed by atoms with Gasteiger partial charge in [0.2, 0.25) is 5.82 Å². The molecule has 11 heteroatoms. The zero-order chi connectivity index (χ0) is 33.0. The first kappa shape index (κ1) is 33.1. The normalized spacial score (nSPS) is 11.3. The summed E-state index contributed by atoms with van der Waals surface area (Å²) < 4.78 is 81.9. The molecule has 48 heavy (non-hydrogen) atoms. The molecule has 0 aliphatic rings. The van der Waals surface area contributed by atoms with Gasteiger partial charge in [0.25, 0.3) is 0 Å². The van der Waals surface area contributed by atoms with E-state index < -0.39 is 34.6 Å². The first-order chi connectivity index (χ1) is 22.7. The summed E-state index contributed by atoms with van der Waals surface area (Å²) in [5, 5.41) is 6.51. The minimum absolute atomic E-state index is 0.